The highest BCUT2D eigenvalue weighted by molar-refractivity contribution is 7.80. The average Bonchev–Trinajstić information content (AvgIpc) is 2.59. The number of rotatable bonds is 3. The molecule has 2 atom stereocenters. The van der Waals surface area contributed by atoms with E-state index in [1.807, 2.05) is 70.2 Å². The zero-order valence-corrected chi connectivity index (χ0v) is 16.3. The minimum atomic E-state index is -0.427. The molecule has 0 spiro atoms. The number of benzene rings is 2. The van der Waals surface area contributed by atoms with Gasteiger partial charge in [-0.3, -0.25) is 4.79 Å². The summed E-state index contributed by atoms with van der Waals surface area (Å²) < 4.78 is 0. The van der Waals surface area contributed by atoms with Crippen molar-refractivity contribution in [2.75, 3.05) is 5.32 Å². The smallest absolute Gasteiger partial charge is 0.235 e. The van der Waals surface area contributed by atoms with E-state index >= 15 is 0 Å². The summed E-state index contributed by atoms with van der Waals surface area (Å²) in [6, 6.07) is 13.8. The quantitative estimate of drug-likeness (QED) is 0.799. The highest BCUT2D eigenvalue weighted by atomic mass is 32.1. The third-order valence-corrected chi connectivity index (χ3v) is 5.13. The number of aryl methyl sites for hydroxylation is 2. The van der Waals surface area contributed by atoms with Crippen LogP contribution in [0.4, 0.5) is 5.69 Å². The van der Waals surface area contributed by atoms with Gasteiger partial charge in [0.2, 0.25) is 5.91 Å². The Hall–Kier alpha value is -2.53. The molecule has 5 heteroatoms. The van der Waals surface area contributed by atoms with Gasteiger partial charge in [0.1, 0.15) is 5.92 Å². The lowest BCUT2D eigenvalue weighted by atomic mass is 9.87. The van der Waals surface area contributed by atoms with Gasteiger partial charge in [-0.2, -0.15) is 0 Å². The van der Waals surface area contributed by atoms with Crippen LogP contribution in [0.15, 0.2) is 47.5 Å². The molecule has 2 unspecified atom stereocenters. The van der Waals surface area contributed by atoms with Crippen molar-refractivity contribution in [3.63, 3.8) is 0 Å². The third-order valence-electron chi connectivity index (χ3n) is 4.92. The summed E-state index contributed by atoms with van der Waals surface area (Å²) in [6.07, 6.45) is 0. The highest BCUT2D eigenvalue weighted by Crippen LogP contribution is 2.29. The van der Waals surface area contributed by atoms with Crippen molar-refractivity contribution < 1.29 is 4.79 Å². The number of hydrogen-bond donors (Lipinski definition) is 2. The van der Waals surface area contributed by atoms with E-state index in [2.05, 4.69) is 15.6 Å². The van der Waals surface area contributed by atoms with Crippen LogP contribution in [-0.4, -0.2) is 16.7 Å². The van der Waals surface area contributed by atoms with E-state index in [1.165, 1.54) is 5.56 Å². The van der Waals surface area contributed by atoms with Gasteiger partial charge in [-0.25, -0.2) is 4.99 Å². The third kappa shape index (κ3) is 3.68. The SMILES string of the molecule is CC1=NC(=S)NC(c2ccc(C)cc2)C1C(=O)Nc1cccc(C)c1C. The molecule has 2 aromatic carbocycles. The van der Waals surface area contributed by atoms with E-state index in [0.717, 1.165) is 28.1 Å². The maximum atomic E-state index is 13.1. The van der Waals surface area contributed by atoms with Gasteiger partial charge < -0.3 is 10.6 Å². The number of carbonyl (C=O) groups excluding carboxylic acids is 1. The van der Waals surface area contributed by atoms with Gasteiger partial charge in [0, 0.05) is 11.4 Å². The number of anilines is 1. The number of nitrogens with zero attached hydrogens (tertiary/aromatic N) is 1. The Morgan fingerprint density at radius 3 is 2.46 bits per heavy atom. The summed E-state index contributed by atoms with van der Waals surface area (Å²) in [5, 5.41) is 6.70. The molecule has 1 heterocycles. The van der Waals surface area contributed by atoms with Crippen molar-refractivity contribution in [1.82, 2.24) is 5.32 Å². The van der Waals surface area contributed by atoms with Gasteiger partial charge in [-0.1, -0.05) is 42.0 Å². The second-order valence-electron chi connectivity index (χ2n) is 6.81. The van der Waals surface area contributed by atoms with E-state index in [9.17, 15) is 4.79 Å². The molecule has 0 aromatic heterocycles. The molecule has 0 bridgehead atoms. The molecule has 0 fully saturated rings. The number of amides is 1. The Morgan fingerprint density at radius 1 is 1.08 bits per heavy atom. The molecule has 3 rings (SSSR count). The Morgan fingerprint density at radius 2 is 1.77 bits per heavy atom. The first kappa shape index (κ1) is 18.3. The largest absolute Gasteiger partial charge is 0.353 e. The number of hydrogen-bond acceptors (Lipinski definition) is 2. The number of aliphatic imine (C=N–C) groups is 1. The predicted molar refractivity (Wildman–Crippen MR) is 111 cm³/mol. The lowest BCUT2D eigenvalue weighted by Gasteiger charge is -2.32. The van der Waals surface area contributed by atoms with Gasteiger partial charge in [-0.15, -0.1) is 0 Å². The minimum absolute atomic E-state index is 0.0828. The fraction of sp³-hybridized carbons (Fsp3) is 0.286. The number of nitrogens with one attached hydrogen (secondary N) is 2. The van der Waals surface area contributed by atoms with Crippen molar-refractivity contribution in [1.29, 1.82) is 0 Å². The van der Waals surface area contributed by atoms with E-state index in [1.54, 1.807) is 0 Å². The summed E-state index contributed by atoms with van der Waals surface area (Å²) in [7, 11) is 0. The van der Waals surface area contributed by atoms with Crippen LogP contribution < -0.4 is 10.6 Å². The summed E-state index contributed by atoms with van der Waals surface area (Å²) in [5.74, 6) is -0.509. The normalized spacial score (nSPS) is 19.5. The average molecular weight is 366 g/mol. The van der Waals surface area contributed by atoms with Gasteiger partial charge in [0.25, 0.3) is 0 Å². The summed E-state index contributed by atoms with van der Waals surface area (Å²) in [6.45, 7) is 7.95. The van der Waals surface area contributed by atoms with E-state index in [-0.39, 0.29) is 11.9 Å². The molecule has 2 N–H and O–H groups in total. The zero-order valence-electron chi connectivity index (χ0n) is 15.5. The van der Waals surface area contributed by atoms with E-state index in [0.29, 0.717) is 5.11 Å². The van der Waals surface area contributed by atoms with Crippen LogP contribution in [0.2, 0.25) is 0 Å². The predicted octanol–water partition coefficient (Wildman–Crippen LogP) is 4.26. The molecular formula is C21H23N3OS. The van der Waals surface area contributed by atoms with Crippen LogP contribution in [-0.2, 0) is 4.79 Å². The topological polar surface area (TPSA) is 53.5 Å². The summed E-state index contributed by atoms with van der Waals surface area (Å²) in [5.41, 5.74) is 5.97. The molecular weight excluding hydrogens is 342 g/mol. The van der Waals surface area contributed by atoms with Gasteiger partial charge in [-0.05, 0) is 62.7 Å². The van der Waals surface area contributed by atoms with Crippen molar-refractivity contribution in [2.24, 2.45) is 10.9 Å². The van der Waals surface area contributed by atoms with Crippen molar-refractivity contribution >= 4 is 34.6 Å². The Kier molecular flexibility index (Phi) is 5.18. The van der Waals surface area contributed by atoms with E-state index < -0.39 is 5.92 Å². The van der Waals surface area contributed by atoms with Crippen LogP contribution in [0.5, 0.6) is 0 Å². The molecule has 0 radical (unpaired) electrons. The molecule has 1 aliphatic rings. The van der Waals surface area contributed by atoms with Gasteiger partial charge >= 0.3 is 0 Å². The lowest BCUT2D eigenvalue weighted by molar-refractivity contribution is -0.118. The second kappa shape index (κ2) is 7.38. The first-order valence-corrected chi connectivity index (χ1v) is 9.07. The number of carbonyl (C=O) groups is 1. The molecule has 0 aliphatic carbocycles. The first-order chi connectivity index (χ1) is 12.4. The molecule has 134 valence electrons. The van der Waals surface area contributed by atoms with Crippen LogP contribution >= 0.6 is 12.2 Å². The summed E-state index contributed by atoms with van der Waals surface area (Å²) in [4.78, 5) is 17.5. The molecule has 4 nitrogen and oxygen atoms in total. The zero-order chi connectivity index (χ0) is 18.8. The fourth-order valence-electron chi connectivity index (χ4n) is 3.21. The van der Waals surface area contributed by atoms with Crippen LogP contribution in [0.1, 0.15) is 35.2 Å². The van der Waals surface area contributed by atoms with Gasteiger partial charge in [0.15, 0.2) is 5.11 Å². The molecule has 0 saturated heterocycles. The monoisotopic (exact) mass is 365 g/mol. The first-order valence-electron chi connectivity index (χ1n) is 8.66. The highest BCUT2D eigenvalue weighted by Gasteiger charge is 2.35. The van der Waals surface area contributed by atoms with Crippen molar-refractivity contribution in [3.8, 4) is 0 Å². The second-order valence-corrected chi connectivity index (χ2v) is 7.19. The molecule has 0 saturated carbocycles. The lowest BCUT2D eigenvalue weighted by Crippen LogP contribution is -2.45. The van der Waals surface area contributed by atoms with Crippen molar-refractivity contribution in [2.45, 2.75) is 33.7 Å². The van der Waals surface area contributed by atoms with Gasteiger partial charge in [0.05, 0.1) is 6.04 Å². The Bertz CT molecular complexity index is 887. The summed E-state index contributed by atoms with van der Waals surface area (Å²) >= 11 is 5.26. The number of thiocarbonyl (C=S) groups is 1. The maximum Gasteiger partial charge on any atom is 0.235 e. The van der Waals surface area contributed by atoms with Crippen molar-refractivity contribution in [3.05, 3.63) is 64.7 Å². The Labute approximate surface area is 159 Å². The fourth-order valence-corrected chi connectivity index (χ4v) is 3.48. The van der Waals surface area contributed by atoms with Crippen LogP contribution in [0.25, 0.3) is 0 Å². The van der Waals surface area contributed by atoms with Crippen LogP contribution in [0.3, 0.4) is 0 Å². The maximum absolute atomic E-state index is 13.1. The molecule has 1 aliphatic heterocycles. The molecule has 1 amide bonds. The Balaban J connectivity index is 1.94. The van der Waals surface area contributed by atoms with Crippen LogP contribution in [0, 0.1) is 26.7 Å². The molecule has 2 aromatic rings. The standard InChI is InChI=1S/C21H23N3OS/c1-12-8-10-16(11-9-12)19-18(15(4)22-21(26)24-19)20(25)23-17-7-5-6-13(2)14(17)3/h5-11,18-19H,1-4H3,(H,23,25)(H,24,26). The molecule has 26 heavy (non-hydrogen) atoms. The minimum Gasteiger partial charge on any atom is -0.353 e. The van der Waals surface area contributed by atoms with E-state index in [4.69, 9.17) is 12.2 Å².